The Labute approximate surface area is 146 Å². The van der Waals surface area contributed by atoms with E-state index in [9.17, 15) is 4.79 Å². The average Bonchev–Trinajstić information content (AvgIpc) is 2.62. The number of benzene rings is 1. The molecule has 1 aromatic rings. The lowest BCUT2D eigenvalue weighted by Gasteiger charge is -2.41. The molecule has 0 radical (unpaired) electrons. The molecule has 1 aromatic carbocycles. The molecular formula is C20H31N3O. The Bertz CT molecular complexity index is 541. The number of carbonyl (C=O) groups is 1. The number of likely N-dealkylation sites (tertiary alicyclic amines) is 2. The highest BCUT2D eigenvalue weighted by atomic mass is 16.2. The van der Waals surface area contributed by atoms with Crippen LogP contribution in [-0.2, 0) is 10.3 Å². The summed E-state index contributed by atoms with van der Waals surface area (Å²) >= 11 is 0. The van der Waals surface area contributed by atoms with Gasteiger partial charge in [-0.2, -0.15) is 0 Å². The molecule has 1 amide bonds. The third kappa shape index (κ3) is 3.65. The number of piperidine rings is 2. The maximum atomic E-state index is 12.9. The zero-order chi connectivity index (χ0) is 17.2. The maximum Gasteiger partial charge on any atom is 0.246 e. The minimum Gasteiger partial charge on any atom is -0.341 e. The lowest BCUT2D eigenvalue weighted by atomic mass is 9.78. The van der Waals surface area contributed by atoms with Crippen molar-refractivity contribution in [3.8, 4) is 0 Å². The van der Waals surface area contributed by atoms with Gasteiger partial charge in [-0.3, -0.25) is 4.79 Å². The Morgan fingerprint density at radius 2 is 1.50 bits per heavy atom. The number of nitrogens with two attached hydrogens (primary N) is 1. The van der Waals surface area contributed by atoms with Crippen molar-refractivity contribution in [1.82, 2.24) is 9.80 Å². The van der Waals surface area contributed by atoms with Gasteiger partial charge in [0, 0.05) is 13.1 Å². The Morgan fingerprint density at radius 3 is 2.04 bits per heavy atom. The van der Waals surface area contributed by atoms with Crippen LogP contribution < -0.4 is 5.73 Å². The summed E-state index contributed by atoms with van der Waals surface area (Å²) in [6, 6.07) is 9.74. The predicted molar refractivity (Wildman–Crippen MR) is 97.5 cm³/mol. The molecule has 2 saturated heterocycles. The number of rotatable bonds is 3. The summed E-state index contributed by atoms with van der Waals surface area (Å²) in [5.41, 5.74) is 6.38. The third-order valence-electron chi connectivity index (χ3n) is 6.07. The molecule has 4 heteroatoms. The van der Waals surface area contributed by atoms with Crippen molar-refractivity contribution in [1.29, 1.82) is 0 Å². The van der Waals surface area contributed by atoms with E-state index in [4.69, 9.17) is 5.73 Å². The average molecular weight is 329 g/mol. The lowest BCUT2D eigenvalue weighted by Crippen LogP contribution is -2.53. The van der Waals surface area contributed by atoms with Crippen LogP contribution in [0.25, 0.3) is 0 Å². The van der Waals surface area contributed by atoms with E-state index in [0.29, 0.717) is 0 Å². The third-order valence-corrected chi connectivity index (χ3v) is 6.07. The summed E-state index contributed by atoms with van der Waals surface area (Å²) < 4.78 is 0. The van der Waals surface area contributed by atoms with Crippen molar-refractivity contribution in [2.45, 2.75) is 38.1 Å². The van der Waals surface area contributed by atoms with Gasteiger partial charge in [-0.05, 0) is 70.1 Å². The van der Waals surface area contributed by atoms with Gasteiger partial charge in [0.25, 0.3) is 0 Å². The first-order valence-corrected chi connectivity index (χ1v) is 9.31. The molecule has 0 aromatic heterocycles. The van der Waals surface area contributed by atoms with Crippen molar-refractivity contribution in [3.05, 3.63) is 35.9 Å². The van der Waals surface area contributed by atoms with Crippen molar-refractivity contribution < 1.29 is 4.79 Å². The van der Waals surface area contributed by atoms with Gasteiger partial charge in [-0.15, -0.1) is 0 Å². The highest BCUT2D eigenvalue weighted by molar-refractivity contribution is 5.87. The molecule has 24 heavy (non-hydrogen) atoms. The number of amides is 1. The van der Waals surface area contributed by atoms with Gasteiger partial charge >= 0.3 is 0 Å². The summed E-state index contributed by atoms with van der Waals surface area (Å²) in [5.74, 6) is 1.69. The molecule has 2 N–H and O–H groups in total. The largest absolute Gasteiger partial charge is 0.341 e. The SMILES string of the molecule is CN1CCC(C2CCN(C(=O)[C@@](C)(N)c3ccccc3)CC2)CC1. The van der Waals surface area contributed by atoms with E-state index in [0.717, 1.165) is 43.3 Å². The van der Waals surface area contributed by atoms with Gasteiger partial charge in [0.05, 0.1) is 0 Å². The standard InChI is InChI=1S/C20H31N3O/c1-20(21,18-6-4-3-5-7-18)19(24)23-14-10-17(11-15-23)16-8-12-22(2)13-9-16/h3-7,16-17H,8-15,21H2,1-2H3/t20-/m0/s1. The first kappa shape index (κ1) is 17.4. The Kier molecular flexibility index (Phi) is 5.26. The van der Waals surface area contributed by atoms with Crippen LogP contribution in [0.15, 0.2) is 30.3 Å². The minimum absolute atomic E-state index is 0.0653. The molecule has 4 nitrogen and oxygen atoms in total. The highest BCUT2D eigenvalue weighted by Gasteiger charge is 2.37. The van der Waals surface area contributed by atoms with Crippen LogP contribution in [0.4, 0.5) is 0 Å². The second-order valence-electron chi connectivity index (χ2n) is 7.84. The van der Waals surface area contributed by atoms with E-state index in [1.807, 2.05) is 42.2 Å². The lowest BCUT2D eigenvalue weighted by molar-refractivity contribution is -0.138. The molecular weight excluding hydrogens is 298 g/mol. The molecule has 0 spiro atoms. The predicted octanol–water partition coefficient (Wildman–Crippen LogP) is 2.44. The molecule has 132 valence electrons. The Morgan fingerprint density at radius 1 is 1.00 bits per heavy atom. The van der Waals surface area contributed by atoms with Gasteiger partial charge < -0.3 is 15.5 Å². The van der Waals surface area contributed by atoms with Gasteiger partial charge in [0.2, 0.25) is 5.91 Å². The van der Waals surface area contributed by atoms with E-state index in [-0.39, 0.29) is 5.91 Å². The van der Waals surface area contributed by atoms with Crippen molar-refractivity contribution >= 4 is 5.91 Å². The fraction of sp³-hybridized carbons (Fsp3) is 0.650. The summed E-state index contributed by atoms with van der Waals surface area (Å²) in [6.45, 7) is 6.00. The van der Waals surface area contributed by atoms with E-state index >= 15 is 0 Å². The van der Waals surface area contributed by atoms with Crippen molar-refractivity contribution in [2.24, 2.45) is 17.6 Å². The molecule has 2 aliphatic heterocycles. The summed E-state index contributed by atoms with van der Waals surface area (Å²) in [4.78, 5) is 17.4. The first-order valence-electron chi connectivity index (χ1n) is 9.31. The van der Waals surface area contributed by atoms with Gasteiger partial charge in [-0.1, -0.05) is 30.3 Å². The van der Waals surface area contributed by atoms with E-state index in [2.05, 4.69) is 11.9 Å². The topological polar surface area (TPSA) is 49.6 Å². The van der Waals surface area contributed by atoms with Crippen LogP contribution in [0.5, 0.6) is 0 Å². The molecule has 2 aliphatic rings. The summed E-state index contributed by atoms with van der Waals surface area (Å²) in [6.07, 6.45) is 4.89. The van der Waals surface area contributed by atoms with E-state index in [1.165, 1.54) is 25.9 Å². The second-order valence-corrected chi connectivity index (χ2v) is 7.84. The number of carbonyl (C=O) groups excluding carboxylic acids is 1. The Hall–Kier alpha value is -1.39. The van der Waals surface area contributed by atoms with Crippen LogP contribution in [0.1, 0.15) is 38.2 Å². The summed E-state index contributed by atoms with van der Waals surface area (Å²) in [5, 5.41) is 0. The monoisotopic (exact) mass is 329 g/mol. The van der Waals surface area contributed by atoms with E-state index in [1.54, 1.807) is 0 Å². The number of nitrogens with zero attached hydrogens (tertiary/aromatic N) is 2. The first-order chi connectivity index (χ1) is 11.5. The van der Waals surface area contributed by atoms with Crippen LogP contribution in [-0.4, -0.2) is 48.9 Å². The fourth-order valence-corrected chi connectivity index (χ4v) is 4.31. The quantitative estimate of drug-likeness (QED) is 0.927. The smallest absolute Gasteiger partial charge is 0.246 e. The summed E-state index contributed by atoms with van der Waals surface area (Å²) in [7, 11) is 2.21. The highest BCUT2D eigenvalue weighted by Crippen LogP contribution is 2.33. The van der Waals surface area contributed by atoms with Crippen molar-refractivity contribution in [3.63, 3.8) is 0 Å². The molecule has 0 unspecified atom stereocenters. The normalized spacial score (nSPS) is 23.9. The maximum absolute atomic E-state index is 12.9. The second kappa shape index (κ2) is 7.24. The number of hydrogen-bond acceptors (Lipinski definition) is 3. The van der Waals surface area contributed by atoms with Gasteiger partial charge in [0.1, 0.15) is 5.54 Å². The molecule has 3 rings (SSSR count). The van der Waals surface area contributed by atoms with Crippen LogP contribution in [0.3, 0.4) is 0 Å². The molecule has 1 atom stereocenters. The zero-order valence-corrected chi connectivity index (χ0v) is 15.1. The molecule has 2 heterocycles. The van der Waals surface area contributed by atoms with Gasteiger partial charge in [0.15, 0.2) is 0 Å². The molecule has 2 fully saturated rings. The minimum atomic E-state index is -0.929. The van der Waals surface area contributed by atoms with Crippen LogP contribution >= 0.6 is 0 Å². The molecule has 0 aliphatic carbocycles. The molecule has 0 saturated carbocycles. The zero-order valence-electron chi connectivity index (χ0n) is 15.1. The van der Waals surface area contributed by atoms with E-state index < -0.39 is 5.54 Å². The molecule has 0 bridgehead atoms. The van der Waals surface area contributed by atoms with Crippen LogP contribution in [0.2, 0.25) is 0 Å². The van der Waals surface area contributed by atoms with Crippen molar-refractivity contribution in [2.75, 3.05) is 33.2 Å². The number of hydrogen-bond donors (Lipinski definition) is 1. The Balaban J connectivity index is 1.57. The van der Waals surface area contributed by atoms with Crippen LogP contribution in [0, 0.1) is 11.8 Å². The van der Waals surface area contributed by atoms with Gasteiger partial charge in [-0.25, -0.2) is 0 Å². The fourth-order valence-electron chi connectivity index (χ4n) is 4.31.